The number of nitrogens with one attached hydrogen (secondary N) is 1. The molecule has 1 unspecified atom stereocenters. The molecule has 0 saturated heterocycles. The quantitative estimate of drug-likeness (QED) is 0.883. The number of rotatable bonds is 5. The molecule has 2 nitrogen and oxygen atoms in total. The van der Waals surface area contributed by atoms with Gasteiger partial charge in [-0.05, 0) is 45.4 Å². The van der Waals surface area contributed by atoms with Gasteiger partial charge in [0.05, 0.1) is 15.2 Å². The molecule has 1 aromatic heterocycles. The highest BCUT2D eigenvalue weighted by molar-refractivity contribution is 7.18. The molecular weight excluding hydrogens is 252 g/mol. The fraction of sp³-hybridized carbons (Fsp3) is 0.562. The molecule has 0 spiro atoms. The van der Waals surface area contributed by atoms with Crippen molar-refractivity contribution in [1.29, 1.82) is 0 Å². The number of fused-ring (bicyclic) bond motifs is 1. The predicted octanol–water partition coefficient (Wildman–Crippen LogP) is 4.25. The van der Waals surface area contributed by atoms with Crippen LogP contribution in [0.5, 0.6) is 0 Å². The van der Waals surface area contributed by atoms with Crippen molar-refractivity contribution in [2.24, 2.45) is 5.92 Å². The van der Waals surface area contributed by atoms with Gasteiger partial charge in [0.1, 0.15) is 0 Å². The molecule has 0 saturated carbocycles. The summed E-state index contributed by atoms with van der Waals surface area (Å²) in [5.41, 5.74) is 1.34. The highest BCUT2D eigenvalue weighted by Gasteiger charge is 2.15. The van der Waals surface area contributed by atoms with Crippen LogP contribution >= 0.6 is 11.3 Å². The zero-order valence-corrected chi connectivity index (χ0v) is 13.2. The van der Waals surface area contributed by atoms with Gasteiger partial charge in [-0.15, -0.1) is 11.3 Å². The van der Waals surface area contributed by atoms with Gasteiger partial charge < -0.3 is 5.32 Å². The number of aromatic nitrogens is 1. The van der Waals surface area contributed by atoms with E-state index in [0.717, 1.165) is 18.5 Å². The van der Waals surface area contributed by atoms with Crippen molar-refractivity contribution in [2.45, 2.75) is 46.1 Å². The molecule has 3 heteroatoms. The average molecular weight is 276 g/mol. The lowest BCUT2D eigenvalue weighted by Gasteiger charge is -2.24. The van der Waals surface area contributed by atoms with Gasteiger partial charge in [-0.3, -0.25) is 0 Å². The summed E-state index contributed by atoms with van der Waals surface area (Å²) in [7, 11) is 0. The first-order chi connectivity index (χ1) is 8.98. The zero-order chi connectivity index (χ0) is 13.9. The Kier molecular flexibility index (Phi) is 4.58. The van der Waals surface area contributed by atoms with Crippen molar-refractivity contribution in [1.82, 2.24) is 10.3 Å². The van der Waals surface area contributed by atoms with E-state index >= 15 is 0 Å². The maximum atomic E-state index is 4.74. The number of thiazole rings is 1. The molecule has 19 heavy (non-hydrogen) atoms. The van der Waals surface area contributed by atoms with Crippen molar-refractivity contribution in [2.75, 3.05) is 6.54 Å². The van der Waals surface area contributed by atoms with Gasteiger partial charge in [0.2, 0.25) is 0 Å². The molecule has 1 heterocycles. The molecule has 1 N–H and O–H groups in total. The Labute approximate surface area is 120 Å². The summed E-state index contributed by atoms with van der Waals surface area (Å²) in [4.78, 5) is 4.74. The zero-order valence-electron chi connectivity index (χ0n) is 12.4. The van der Waals surface area contributed by atoms with E-state index < -0.39 is 0 Å². The van der Waals surface area contributed by atoms with E-state index in [1.54, 1.807) is 0 Å². The highest BCUT2D eigenvalue weighted by atomic mass is 32.1. The van der Waals surface area contributed by atoms with Crippen molar-refractivity contribution in [3.05, 3.63) is 29.3 Å². The lowest BCUT2D eigenvalue weighted by molar-refractivity contribution is 0.363. The van der Waals surface area contributed by atoms with E-state index in [1.807, 2.05) is 11.3 Å². The van der Waals surface area contributed by atoms with Crippen molar-refractivity contribution in [3.8, 4) is 0 Å². The minimum absolute atomic E-state index is 0.195. The van der Waals surface area contributed by atoms with Gasteiger partial charge in [0.15, 0.2) is 0 Å². The first-order valence-electron chi connectivity index (χ1n) is 7.07. The van der Waals surface area contributed by atoms with E-state index in [1.165, 1.54) is 16.1 Å². The molecule has 0 amide bonds. The van der Waals surface area contributed by atoms with Crippen LogP contribution in [0.25, 0.3) is 10.2 Å². The molecule has 2 rings (SSSR count). The maximum Gasteiger partial charge on any atom is 0.0941 e. The van der Waals surface area contributed by atoms with Crippen molar-refractivity contribution in [3.63, 3.8) is 0 Å². The van der Waals surface area contributed by atoms with E-state index in [-0.39, 0.29) is 5.54 Å². The third kappa shape index (κ3) is 4.29. The maximum absolute atomic E-state index is 4.74. The van der Waals surface area contributed by atoms with Gasteiger partial charge in [-0.25, -0.2) is 4.98 Å². The Bertz CT molecular complexity index is 492. The first-order valence-corrected chi connectivity index (χ1v) is 7.89. The standard InChI is InChI=1S/C16H24N2S/c1-5-12(11-17-16(2,3)4)10-15-18-13-8-6-7-9-14(13)19-15/h6-9,12,17H,5,10-11H2,1-4H3. The van der Waals surface area contributed by atoms with E-state index in [0.29, 0.717) is 5.92 Å². The minimum Gasteiger partial charge on any atom is -0.312 e. The van der Waals surface area contributed by atoms with Gasteiger partial charge >= 0.3 is 0 Å². The van der Waals surface area contributed by atoms with Crippen LogP contribution in [0.15, 0.2) is 24.3 Å². The van der Waals surface area contributed by atoms with E-state index in [2.05, 4.69) is 57.3 Å². The van der Waals surface area contributed by atoms with Crippen LogP contribution in [-0.2, 0) is 6.42 Å². The van der Waals surface area contributed by atoms with Crippen molar-refractivity contribution >= 4 is 21.6 Å². The van der Waals surface area contributed by atoms with Gasteiger partial charge in [-0.2, -0.15) is 0 Å². The van der Waals surface area contributed by atoms with Crippen LogP contribution in [0.3, 0.4) is 0 Å². The molecule has 2 aromatic rings. The largest absolute Gasteiger partial charge is 0.312 e. The summed E-state index contributed by atoms with van der Waals surface area (Å²) < 4.78 is 1.30. The summed E-state index contributed by atoms with van der Waals surface area (Å²) >= 11 is 1.84. The summed E-state index contributed by atoms with van der Waals surface area (Å²) in [6.45, 7) is 9.99. The van der Waals surface area contributed by atoms with Crippen LogP contribution < -0.4 is 5.32 Å². The summed E-state index contributed by atoms with van der Waals surface area (Å²) in [5.74, 6) is 0.666. The Hall–Kier alpha value is -0.930. The van der Waals surface area contributed by atoms with Crippen LogP contribution in [0.2, 0.25) is 0 Å². The molecular formula is C16H24N2S. The van der Waals surface area contributed by atoms with E-state index in [4.69, 9.17) is 4.98 Å². The van der Waals surface area contributed by atoms with Crippen LogP contribution in [0.1, 0.15) is 39.1 Å². The molecule has 0 aliphatic heterocycles. The van der Waals surface area contributed by atoms with Crippen molar-refractivity contribution < 1.29 is 0 Å². The number of nitrogens with zero attached hydrogens (tertiary/aromatic N) is 1. The number of hydrogen-bond donors (Lipinski definition) is 1. The molecule has 1 aromatic carbocycles. The van der Waals surface area contributed by atoms with Crippen LogP contribution in [0, 0.1) is 5.92 Å². The van der Waals surface area contributed by atoms with Crippen LogP contribution in [0.4, 0.5) is 0 Å². The fourth-order valence-electron chi connectivity index (χ4n) is 2.07. The minimum atomic E-state index is 0.195. The van der Waals surface area contributed by atoms with Gasteiger partial charge in [-0.1, -0.05) is 25.5 Å². The lowest BCUT2D eigenvalue weighted by Crippen LogP contribution is -2.39. The smallest absolute Gasteiger partial charge is 0.0941 e. The Morgan fingerprint density at radius 1 is 1.26 bits per heavy atom. The summed E-state index contributed by atoms with van der Waals surface area (Å²) in [6, 6.07) is 8.40. The SMILES string of the molecule is CCC(CNC(C)(C)C)Cc1nc2ccccc2s1. The summed E-state index contributed by atoms with van der Waals surface area (Å²) in [5, 5.41) is 4.87. The second kappa shape index (κ2) is 6.02. The summed E-state index contributed by atoms with van der Waals surface area (Å²) in [6.07, 6.45) is 2.28. The lowest BCUT2D eigenvalue weighted by atomic mass is 10.0. The molecule has 0 fully saturated rings. The number of benzene rings is 1. The molecule has 0 bridgehead atoms. The third-order valence-corrected chi connectivity index (χ3v) is 4.36. The molecule has 1 atom stereocenters. The number of para-hydroxylation sites is 1. The van der Waals surface area contributed by atoms with Gasteiger partial charge in [0, 0.05) is 12.0 Å². The topological polar surface area (TPSA) is 24.9 Å². The Morgan fingerprint density at radius 2 is 2.00 bits per heavy atom. The Morgan fingerprint density at radius 3 is 2.63 bits per heavy atom. The molecule has 0 aliphatic rings. The fourth-order valence-corrected chi connectivity index (χ4v) is 3.15. The monoisotopic (exact) mass is 276 g/mol. The predicted molar refractivity (Wildman–Crippen MR) is 84.9 cm³/mol. The van der Waals surface area contributed by atoms with Gasteiger partial charge in [0.25, 0.3) is 0 Å². The normalized spacial score (nSPS) is 13.9. The highest BCUT2D eigenvalue weighted by Crippen LogP contribution is 2.24. The Balaban J connectivity index is 2.01. The molecule has 104 valence electrons. The molecule has 0 aliphatic carbocycles. The first kappa shape index (κ1) is 14.5. The second-order valence-electron chi connectivity index (χ2n) is 6.18. The van der Waals surface area contributed by atoms with E-state index in [9.17, 15) is 0 Å². The second-order valence-corrected chi connectivity index (χ2v) is 7.30. The third-order valence-electron chi connectivity index (χ3n) is 3.30. The molecule has 0 radical (unpaired) electrons. The number of hydrogen-bond acceptors (Lipinski definition) is 3. The van der Waals surface area contributed by atoms with Crippen LogP contribution in [-0.4, -0.2) is 17.1 Å². The average Bonchev–Trinajstić information content (AvgIpc) is 2.75.